The van der Waals surface area contributed by atoms with Crippen LogP contribution in [-0.4, -0.2) is 39.4 Å². The standard InChI is InChI=1S/C25H30N4O2/c1-3-28-15-19(13-26-28)14-27-16-20-12-21(17-27)24(29-23(20)8-5-9-25(29)30)11-18-6-4-7-22(10-18)31-2/h4-10,13,15,20-21,24H,3,11-12,14,16-17H2,1-2H3/t20-,21+,24+/m1/s1. The van der Waals surface area contributed by atoms with Crippen LogP contribution < -0.4 is 10.3 Å². The molecule has 2 aliphatic heterocycles. The van der Waals surface area contributed by atoms with Crippen LogP contribution in [0.15, 0.2) is 59.7 Å². The Kier molecular flexibility index (Phi) is 5.40. The average Bonchev–Trinajstić information content (AvgIpc) is 3.24. The molecule has 2 aliphatic rings. The fourth-order valence-electron chi connectivity index (χ4n) is 5.49. The normalized spacial score (nSPS) is 22.8. The zero-order valence-corrected chi connectivity index (χ0v) is 18.3. The maximum absolute atomic E-state index is 12.9. The summed E-state index contributed by atoms with van der Waals surface area (Å²) in [7, 11) is 1.70. The molecule has 0 saturated carbocycles. The number of nitrogens with zero attached hydrogens (tertiary/aromatic N) is 4. The Hall–Kier alpha value is -2.86. The van der Waals surface area contributed by atoms with E-state index in [4.69, 9.17) is 4.74 Å². The van der Waals surface area contributed by atoms with Crippen molar-refractivity contribution in [1.82, 2.24) is 19.2 Å². The molecule has 6 nitrogen and oxygen atoms in total. The molecular weight excluding hydrogens is 388 g/mol. The molecule has 3 atom stereocenters. The number of likely N-dealkylation sites (tertiary alicyclic amines) is 1. The summed E-state index contributed by atoms with van der Waals surface area (Å²) in [6.45, 7) is 5.91. The van der Waals surface area contributed by atoms with Gasteiger partial charge in [0.1, 0.15) is 5.75 Å². The van der Waals surface area contributed by atoms with Crippen LogP contribution in [-0.2, 0) is 19.5 Å². The van der Waals surface area contributed by atoms with Gasteiger partial charge in [0, 0.05) is 61.7 Å². The summed E-state index contributed by atoms with van der Waals surface area (Å²) in [6.07, 6.45) is 6.12. The lowest BCUT2D eigenvalue weighted by molar-refractivity contribution is 0.0853. The fraction of sp³-hybridized carbons (Fsp3) is 0.440. The van der Waals surface area contributed by atoms with Crippen molar-refractivity contribution in [3.05, 3.63) is 82.0 Å². The van der Waals surface area contributed by atoms with Gasteiger partial charge in [0.05, 0.1) is 13.3 Å². The lowest BCUT2D eigenvalue weighted by Gasteiger charge is -2.47. The number of hydrogen-bond acceptors (Lipinski definition) is 4. The van der Waals surface area contributed by atoms with Gasteiger partial charge in [-0.2, -0.15) is 5.10 Å². The molecular formula is C25H30N4O2. The van der Waals surface area contributed by atoms with E-state index in [1.807, 2.05) is 29.1 Å². The molecule has 0 N–H and O–H groups in total. The molecule has 1 aromatic carbocycles. The van der Waals surface area contributed by atoms with E-state index < -0.39 is 0 Å². The van der Waals surface area contributed by atoms with Gasteiger partial charge in [-0.1, -0.05) is 18.2 Å². The number of aryl methyl sites for hydroxylation is 1. The van der Waals surface area contributed by atoms with Gasteiger partial charge in [-0.3, -0.25) is 14.4 Å². The number of hydrogen-bond donors (Lipinski definition) is 0. The van der Waals surface area contributed by atoms with Crippen LogP contribution in [0, 0.1) is 5.92 Å². The minimum absolute atomic E-state index is 0.123. The Morgan fingerprint density at radius 3 is 2.81 bits per heavy atom. The van der Waals surface area contributed by atoms with E-state index >= 15 is 0 Å². The Morgan fingerprint density at radius 1 is 1.13 bits per heavy atom. The average molecular weight is 419 g/mol. The van der Waals surface area contributed by atoms with Gasteiger partial charge >= 0.3 is 0 Å². The van der Waals surface area contributed by atoms with Crippen LogP contribution in [0.3, 0.4) is 0 Å². The zero-order chi connectivity index (χ0) is 21.4. The van der Waals surface area contributed by atoms with E-state index in [0.29, 0.717) is 11.8 Å². The highest BCUT2D eigenvalue weighted by Crippen LogP contribution is 2.42. The van der Waals surface area contributed by atoms with Gasteiger partial charge in [-0.05, 0) is 49.4 Å². The molecule has 1 saturated heterocycles. The van der Waals surface area contributed by atoms with Crippen molar-refractivity contribution in [1.29, 1.82) is 0 Å². The van der Waals surface area contributed by atoms with Gasteiger partial charge in [0.2, 0.25) is 0 Å². The summed E-state index contributed by atoms with van der Waals surface area (Å²) < 4.78 is 9.50. The molecule has 2 aromatic heterocycles. The zero-order valence-electron chi connectivity index (χ0n) is 18.3. The van der Waals surface area contributed by atoms with Crippen molar-refractivity contribution in [2.45, 2.75) is 44.8 Å². The molecule has 0 spiro atoms. The predicted octanol–water partition coefficient (Wildman–Crippen LogP) is 3.48. The van der Waals surface area contributed by atoms with Crippen LogP contribution >= 0.6 is 0 Å². The van der Waals surface area contributed by atoms with Crippen molar-refractivity contribution < 1.29 is 4.74 Å². The number of piperidine rings is 1. The Bertz CT molecular complexity index is 1120. The largest absolute Gasteiger partial charge is 0.497 e. The summed E-state index contributed by atoms with van der Waals surface area (Å²) in [5, 5.41) is 4.44. The number of aromatic nitrogens is 3. The van der Waals surface area contributed by atoms with E-state index in [2.05, 4.69) is 45.9 Å². The first-order chi connectivity index (χ1) is 15.1. The Morgan fingerprint density at radius 2 is 2.00 bits per heavy atom. The molecule has 31 heavy (non-hydrogen) atoms. The highest BCUT2D eigenvalue weighted by Gasteiger charge is 2.40. The fourth-order valence-corrected chi connectivity index (χ4v) is 5.49. The third-order valence-corrected chi connectivity index (χ3v) is 6.87. The van der Waals surface area contributed by atoms with Crippen LogP contribution in [0.25, 0.3) is 0 Å². The summed E-state index contributed by atoms with van der Waals surface area (Å²) in [5.41, 5.74) is 3.78. The lowest BCUT2D eigenvalue weighted by Crippen LogP contribution is -2.49. The van der Waals surface area contributed by atoms with Crippen LogP contribution in [0.4, 0.5) is 0 Å². The van der Waals surface area contributed by atoms with Gasteiger partial charge < -0.3 is 9.30 Å². The third-order valence-electron chi connectivity index (χ3n) is 6.87. The molecule has 0 radical (unpaired) electrons. The second-order valence-electron chi connectivity index (χ2n) is 8.87. The Balaban J connectivity index is 1.46. The topological polar surface area (TPSA) is 52.3 Å². The molecule has 162 valence electrons. The highest BCUT2D eigenvalue weighted by atomic mass is 16.5. The number of benzene rings is 1. The monoisotopic (exact) mass is 418 g/mol. The quantitative estimate of drug-likeness (QED) is 0.615. The Labute approximate surface area is 183 Å². The molecule has 2 bridgehead atoms. The molecule has 3 aromatic rings. The first kappa shape index (κ1) is 20.1. The van der Waals surface area contributed by atoms with Crippen molar-refractivity contribution in [2.24, 2.45) is 5.92 Å². The molecule has 4 heterocycles. The molecule has 0 aliphatic carbocycles. The number of fused-ring (bicyclic) bond motifs is 4. The van der Waals surface area contributed by atoms with Crippen LogP contribution in [0.5, 0.6) is 5.75 Å². The number of pyridine rings is 1. The summed E-state index contributed by atoms with van der Waals surface area (Å²) in [4.78, 5) is 15.5. The summed E-state index contributed by atoms with van der Waals surface area (Å²) in [5.74, 6) is 1.71. The smallest absolute Gasteiger partial charge is 0.251 e. The van der Waals surface area contributed by atoms with Gasteiger partial charge in [-0.15, -0.1) is 0 Å². The molecule has 5 rings (SSSR count). The van der Waals surface area contributed by atoms with Crippen molar-refractivity contribution >= 4 is 0 Å². The summed E-state index contributed by atoms with van der Waals surface area (Å²) in [6, 6.07) is 14.2. The van der Waals surface area contributed by atoms with Crippen molar-refractivity contribution in [2.75, 3.05) is 20.2 Å². The van der Waals surface area contributed by atoms with E-state index in [1.54, 1.807) is 13.2 Å². The van der Waals surface area contributed by atoms with Gasteiger partial charge in [-0.25, -0.2) is 0 Å². The lowest BCUT2D eigenvalue weighted by atomic mass is 9.76. The van der Waals surface area contributed by atoms with Crippen molar-refractivity contribution in [3.8, 4) is 5.75 Å². The van der Waals surface area contributed by atoms with Crippen LogP contribution in [0.1, 0.15) is 42.1 Å². The first-order valence-electron chi connectivity index (χ1n) is 11.2. The first-order valence-corrected chi connectivity index (χ1v) is 11.2. The molecule has 1 fully saturated rings. The molecule has 0 unspecified atom stereocenters. The van der Waals surface area contributed by atoms with Crippen LogP contribution in [0.2, 0.25) is 0 Å². The maximum Gasteiger partial charge on any atom is 0.251 e. The second-order valence-corrected chi connectivity index (χ2v) is 8.87. The highest BCUT2D eigenvalue weighted by molar-refractivity contribution is 5.30. The number of rotatable bonds is 6. The van der Waals surface area contributed by atoms with Crippen molar-refractivity contribution in [3.63, 3.8) is 0 Å². The maximum atomic E-state index is 12.9. The summed E-state index contributed by atoms with van der Waals surface area (Å²) >= 11 is 0. The van der Waals surface area contributed by atoms with E-state index in [9.17, 15) is 4.79 Å². The number of methoxy groups -OCH3 is 1. The van der Waals surface area contributed by atoms with E-state index in [0.717, 1.165) is 44.8 Å². The SMILES string of the molecule is CCn1cc(CN2C[C@H]3C[C@@H](C2)[C@H](Cc2cccc(OC)c2)n2c3cccc2=O)cn1. The second kappa shape index (κ2) is 8.35. The van der Waals surface area contributed by atoms with E-state index in [1.165, 1.54) is 16.8 Å². The predicted molar refractivity (Wildman–Crippen MR) is 120 cm³/mol. The van der Waals surface area contributed by atoms with E-state index in [-0.39, 0.29) is 11.6 Å². The number of ether oxygens (including phenoxy) is 1. The van der Waals surface area contributed by atoms with Gasteiger partial charge in [0.15, 0.2) is 0 Å². The molecule has 0 amide bonds. The minimum Gasteiger partial charge on any atom is -0.497 e. The third kappa shape index (κ3) is 3.92. The minimum atomic E-state index is 0.123. The van der Waals surface area contributed by atoms with Gasteiger partial charge in [0.25, 0.3) is 5.56 Å². The molecule has 6 heteroatoms.